The highest BCUT2D eigenvalue weighted by molar-refractivity contribution is 6.04. The van der Waals surface area contributed by atoms with Crippen molar-refractivity contribution in [1.82, 2.24) is 5.32 Å². The molecule has 0 spiro atoms. The number of rotatable bonds is 5. The molecule has 1 aliphatic rings. The Labute approximate surface area is 123 Å². The number of carbonyl (C=O) groups is 2. The van der Waals surface area contributed by atoms with Crippen LogP contribution >= 0.6 is 0 Å². The van der Waals surface area contributed by atoms with Gasteiger partial charge in [0.05, 0.1) is 16.8 Å². The summed E-state index contributed by atoms with van der Waals surface area (Å²) in [5.41, 5.74) is -0.537. The molecule has 0 saturated carbocycles. The molecular weight excluding hydrogens is 272 g/mol. The second-order valence-corrected chi connectivity index (χ2v) is 5.35. The number of carboxylic acids is 1. The van der Waals surface area contributed by atoms with Gasteiger partial charge in [-0.25, -0.2) is 4.79 Å². The van der Waals surface area contributed by atoms with Crippen LogP contribution in [0.3, 0.4) is 0 Å². The van der Waals surface area contributed by atoms with Gasteiger partial charge in [-0.1, -0.05) is 13.3 Å². The minimum Gasteiger partial charge on any atom is -0.508 e. The molecule has 1 heterocycles. The number of nitrogens with one attached hydrogen (secondary N) is 2. The van der Waals surface area contributed by atoms with E-state index in [0.29, 0.717) is 6.42 Å². The SMILES string of the molecule is CCCC1(C(=O)Nc2ccc(O)cc2C(=O)O)CCCN1. The number of phenolic OH excluding ortho intramolecular Hbond substituents is 1. The number of aromatic hydroxyl groups is 1. The fraction of sp³-hybridized carbons (Fsp3) is 0.467. The van der Waals surface area contributed by atoms with E-state index in [2.05, 4.69) is 10.6 Å². The molecule has 1 aromatic rings. The van der Waals surface area contributed by atoms with Crippen LogP contribution in [-0.2, 0) is 4.79 Å². The highest BCUT2D eigenvalue weighted by Crippen LogP contribution is 2.28. The number of hydrogen-bond acceptors (Lipinski definition) is 4. The standard InChI is InChI=1S/C15H20N2O4/c1-2-6-15(7-3-8-16-15)14(21)17-12-5-4-10(18)9-11(12)13(19)20/h4-5,9,16,18H,2-3,6-8H2,1H3,(H,17,21)(H,19,20). The van der Waals surface area contributed by atoms with Crippen LogP contribution in [0.2, 0.25) is 0 Å². The molecule has 1 fully saturated rings. The van der Waals surface area contributed by atoms with Crippen molar-refractivity contribution >= 4 is 17.6 Å². The van der Waals surface area contributed by atoms with Gasteiger partial charge in [-0.05, 0) is 44.0 Å². The number of carboxylic acid groups (broad SMARTS) is 1. The number of phenols is 1. The monoisotopic (exact) mass is 292 g/mol. The quantitative estimate of drug-likeness (QED) is 0.622. The number of aromatic carboxylic acids is 1. The average molecular weight is 292 g/mol. The van der Waals surface area contributed by atoms with Gasteiger partial charge in [0.25, 0.3) is 0 Å². The largest absolute Gasteiger partial charge is 0.508 e. The average Bonchev–Trinajstić information content (AvgIpc) is 2.91. The Kier molecular flexibility index (Phi) is 4.47. The molecule has 4 N–H and O–H groups in total. The molecule has 1 atom stereocenters. The van der Waals surface area contributed by atoms with Crippen molar-refractivity contribution in [3.05, 3.63) is 23.8 Å². The fourth-order valence-corrected chi connectivity index (χ4v) is 2.81. The Bertz CT molecular complexity index is 551. The summed E-state index contributed by atoms with van der Waals surface area (Å²) >= 11 is 0. The molecule has 0 bridgehead atoms. The molecule has 1 aliphatic heterocycles. The molecule has 1 saturated heterocycles. The summed E-state index contributed by atoms with van der Waals surface area (Å²) in [5, 5.41) is 24.5. The van der Waals surface area contributed by atoms with Gasteiger partial charge in [-0.3, -0.25) is 4.79 Å². The maximum absolute atomic E-state index is 12.6. The topological polar surface area (TPSA) is 98.7 Å². The third kappa shape index (κ3) is 3.16. The lowest BCUT2D eigenvalue weighted by atomic mass is 9.90. The highest BCUT2D eigenvalue weighted by Gasteiger charge is 2.40. The first kappa shape index (κ1) is 15.3. The molecule has 114 valence electrons. The summed E-state index contributed by atoms with van der Waals surface area (Å²) in [5.74, 6) is -1.55. The van der Waals surface area contributed by atoms with Gasteiger partial charge in [0.15, 0.2) is 0 Å². The van der Waals surface area contributed by atoms with Gasteiger partial charge < -0.3 is 20.8 Å². The molecule has 21 heavy (non-hydrogen) atoms. The first-order chi connectivity index (χ1) is 9.98. The van der Waals surface area contributed by atoms with Crippen LogP contribution in [0, 0.1) is 0 Å². The van der Waals surface area contributed by atoms with Crippen molar-refractivity contribution in [2.24, 2.45) is 0 Å². The maximum Gasteiger partial charge on any atom is 0.337 e. The number of carbonyl (C=O) groups excluding carboxylic acids is 1. The van der Waals surface area contributed by atoms with Crippen molar-refractivity contribution in [2.75, 3.05) is 11.9 Å². The van der Waals surface area contributed by atoms with Crippen LogP contribution in [0.5, 0.6) is 5.75 Å². The van der Waals surface area contributed by atoms with Crippen molar-refractivity contribution in [2.45, 2.75) is 38.1 Å². The summed E-state index contributed by atoms with van der Waals surface area (Å²) in [6.07, 6.45) is 3.24. The van der Waals surface area contributed by atoms with E-state index in [1.165, 1.54) is 12.1 Å². The lowest BCUT2D eigenvalue weighted by molar-refractivity contribution is -0.122. The van der Waals surface area contributed by atoms with E-state index in [0.717, 1.165) is 31.9 Å². The van der Waals surface area contributed by atoms with E-state index >= 15 is 0 Å². The van der Waals surface area contributed by atoms with Crippen LogP contribution in [0.1, 0.15) is 43.0 Å². The Morgan fingerprint density at radius 2 is 2.19 bits per heavy atom. The van der Waals surface area contributed by atoms with Crippen LogP contribution < -0.4 is 10.6 Å². The van der Waals surface area contributed by atoms with Gasteiger partial charge in [-0.2, -0.15) is 0 Å². The van der Waals surface area contributed by atoms with E-state index in [1.807, 2.05) is 6.92 Å². The number of anilines is 1. The molecule has 1 unspecified atom stereocenters. The third-order valence-corrected chi connectivity index (χ3v) is 3.84. The summed E-state index contributed by atoms with van der Waals surface area (Å²) in [6.45, 7) is 2.80. The molecule has 0 aliphatic carbocycles. The normalized spacial score (nSPS) is 21.2. The van der Waals surface area contributed by atoms with Crippen LogP contribution in [-0.4, -0.2) is 34.2 Å². The molecule has 1 amide bonds. The predicted octanol–water partition coefficient (Wildman–Crippen LogP) is 1.95. The van der Waals surface area contributed by atoms with Crippen LogP contribution in [0.4, 0.5) is 5.69 Å². The summed E-state index contributed by atoms with van der Waals surface area (Å²) in [4.78, 5) is 23.8. The molecule has 6 nitrogen and oxygen atoms in total. The first-order valence-corrected chi connectivity index (χ1v) is 7.11. The number of benzene rings is 1. The second kappa shape index (κ2) is 6.13. The fourth-order valence-electron chi connectivity index (χ4n) is 2.81. The molecule has 1 aromatic carbocycles. The smallest absolute Gasteiger partial charge is 0.337 e. The van der Waals surface area contributed by atoms with Gasteiger partial charge in [0.2, 0.25) is 5.91 Å². The Morgan fingerprint density at radius 1 is 1.43 bits per heavy atom. The molecule has 0 aromatic heterocycles. The van der Waals surface area contributed by atoms with E-state index in [1.54, 1.807) is 0 Å². The Morgan fingerprint density at radius 3 is 2.76 bits per heavy atom. The van der Waals surface area contributed by atoms with Gasteiger partial charge >= 0.3 is 5.97 Å². The molecule has 2 rings (SSSR count). The predicted molar refractivity (Wildman–Crippen MR) is 78.6 cm³/mol. The summed E-state index contributed by atoms with van der Waals surface area (Å²) in [7, 11) is 0. The van der Waals surface area contributed by atoms with Gasteiger partial charge in [0, 0.05) is 0 Å². The van der Waals surface area contributed by atoms with Crippen molar-refractivity contribution < 1.29 is 19.8 Å². The number of amides is 1. The second-order valence-electron chi connectivity index (χ2n) is 5.35. The molecule has 0 radical (unpaired) electrons. The lowest BCUT2D eigenvalue weighted by Gasteiger charge is -2.28. The van der Waals surface area contributed by atoms with Gasteiger partial charge in [-0.15, -0.1) is 0 Å². The van der Waals surface area contributed by atoms with Crippen molar-refractivity contribution in [1.29, 1.82) is 0 Å². The zero-order chi connectivity index (χ0) is 15.5. The van der Waals surface area contributed by atoms with E-state index in [-0.39, 0.29) is 22.9 Å². The van der Waals surface area contributed by atoms with E-state index in [9.17, 15) is 14.7 Å². The van der Waals surface area contributed by atoms with E-state index < -0.39 is 11.5 Å². The van der Waals surface area contributed by atoms with Crippen molar-refractivity contribution in [3.63, 3.8) is 0 Å². The van der Waals surface area contributed by atoms with Crippen molar-refractivity contribution in [3.8, 4) is 5.75 Å². The highest BCUT2D eigenvalue weighted by atomic mass is 16.4. The minimum absolute atomic E-state index is 0.118. The van der Waals surface area contributed by atoms with Crippen LogP contribution in [0.25, 0.3) is 0 Å². The molecular formula is C15H20N2O4. The zero-order valence-corrected chi connectivity index (χ0v) is 12.0. The zero-order valence-electron chi connectivity index (χ0n) is 12.0. The van der Waals surface area contributed by atoms with Crippen LogP contribution in [0.15, 0.2) is 18.2 Å². The van der Waals surface area contributed by atoms with E-state index in [4.69, 9.17) is 5.11 Å². The summed E-state index contributed by atoms with van der Waals surface area (Å²) < 4.78 is 0. The maximum atomic E-state index is 12.6. The number of hydrogen-bond donors (Lipinski definition) is 4. The molecule has 6 heteroatoms. The summed E-state index contributed by atoms with van der Waals surface area (Å²) in [6, 6.07) is 3.90. The third-order valence-electron chi connectivity index (χ3n) is 3.84. The Hall–Kier alpha value is -2.08. The lowest BCUT2D eigenvalue weighted by Crippen LogP contribution is -2.50. The van der Waals surface area contributed by atoms with Gasteiger partial charge in [0.1, 0.15) is 5.75 Å². The Balaban J connectivity index is 2.25. The minimum atomic E-state index is -1.19. The first-order valence-electron chi connectivity index (χ1n) is 7.11.